The van der Waals surface area contributed by atoms with E-state index in [1.54, 1.807) is 4.90 Å². The van der Waals surface area contributed by atoms with Gasteiger partial charge in [-0.25, -0.2) is 14.2 Å². The van der Waals surface area contributed by atoms with Crippen LogP contribution in [0.25, 0.3) is 0 Å². The highest BCUT2D eigenvalue weighted by Gasteiger charge is 2.21. The van der Waals surface area contributed by atoms with E-state index in [1.165, 1.54) is 6.20 Å². The summed E-state index contributed by atoms with van der Waals surface area (Å²) in [4.78, 5) is 27.4. The van der Waals surface area contributed by atoms with E-state index in [4.69, 9.17) is 5.11 Å². The number of aromatic carboxylic acids is 1. The number of pyridine rings is 1. The minimum absolute atomic E-state index is 0.0219. The molecule has 2 N–H and O–H groups in total. The number of carbonyl (C=O) groups is 2. The Bertz CT molecular complexity index is 492. The van der Waals surface area contributed by atoms with E-state index < -0.39 is 17.3 Å². The van der Waals surface area contributed by atoms with Crippen LogP contribution in [0.5, 0.6) is 0 Å². The number of anilines is 1. The van der Waals surface area contributed by atoms with Gasteiger partial charge in [-0.1, -0.05) is 0 Å². The molecule has 0 saturated carbocycles. The predicted octanol–water partition coefficient (Wildman–Crippen LogP) is 0.245. The number of rotatable bonds is 2. The smallest absolute Gasteiger partial charge is 0.338 e. The second kappa shape index (κ2) is 4.99. The fourth-order valence-corrected chi connectivity index (χ4v) is 1.80. The van der Waals surface area contributed by atoms with Gasteiger partial charge in [-0.05, 0) is 6.07 Å². The Hall–Kier alpha value is -2.18. The highest BCUT2D eigenvalue weighted by Crippen LogP contribution is 2.20. The minimum atomic E-state index is -1.33. The van der Waals surface area contributed by atoms with Crippen molar-refractivity contribution in [2.75, 3.05) is 24.5 Å². The van der Waals surface area contributed by atoms with Crippen molar-refractivity contribution in [1.29, 1.82) is 0 Å². The molecule has 0 atom stereocenters. The van der Waals surface area contributed by atoms with Crippen LogP contribution in [0.15, 0.2) is 12.3 Å². The largest absolute Gasteiger partial charge is 0.478 e. The Morgan fingerprint density at radius 2 is 2.28 bits per heavy atom. The third-order valence-electron chi connectivity index (χ3n) is 2.71. The van der Waals surface area contributed by atoms with E-state index >= 15 is 0 Å². The van der Waals surface area contributed by atoms with Crippen LogP contribution in [0.2, 0.25) is 0 Å². The average molecular weight is 253 g/mol. The molecule has 0 radical (unpaired) electrons. The molecular weight excluding hydrogens is 241 g/mol. The Labute approximate surface area is 102 Å². The number of carboxylic acids is 1. The SMILES string of the molecule is O=C1CCN(c2nccc(C(=O)O)c2F)CCN1. The number of halogens is 1. The van der Waals surface area contributed by atoms with E-state index in [1.807, 2.05) is 0 Å². The Morgan fingerprint density at radius 3 is 3.00 bits per heavy atom. The predicted molar refractivity (Wildman–Crippen MR) is 61.0 cm³/mol. The van der Waals surface area contributed by atoms with Crippen LogP contribution in [0.1, 0.15) is 16.8 Å². The van der Waals surface area contributed by atoms with Crippen molar-refractivity contribution in [3.8, 4) is 0 Å². The molecule has 2 heterocycles. The Kier molecular flexibility index (Phi) is 3.40. The van der Waals surface area contributed by atoms with Crippen LogP contribution in [-0.4, -0.2) is 41.6 Å². The maximum absolute atomic E-state index is 13.9. The molecule has 1 amide bonds. The van der Waals surface area contributed by atoms with Crippen LogP contribution in [0, 0.1) is 5.82 Å². The van der Waals surface area contributed by atoms with Crippen molar-refractivity contribution >= 4 is 17.7 Å². The molecule has 96 valence electrons. The Balaban J connectivity index is 2.30. The summed E-state index contributed by atoms with van der Waals surface area (Å²) in [6.45, 7) is 1.11. The Morgan fingerprint density at radius 1 is 1.50 bits per heavy atom. The molecule has 0 bridgehead atoms. The zero-order valence-corrected chi connectivity index (χ0v) is 9.52. The summed E-state index contributed by atoms with van der Waals surface area (Å²) in [5, 5.41) is 11.5. The molecule has 1 saturated heterocycles. The van der Waals surface area contributed by atoms with E-state index in [2.05, 4.69) is 10.3 Å². The second-order valence-corrected chi connectivity index (χ2v) is 3.89. The third-order valence-corrected chi connectivity index (χ3v) is 2.71. The highest BCUT2D eigenvalue weighted by atomic mass is 19.1. The lowest BCUT2D eigenvalue weighted by Gasteiger charge is -2.21. The number of hydrogen-bond donors (Lipinski definition) is 2. The van der Waals surface area contributed by atoms with Gasteiger partial charge in [-0.3, -0.25) is 4.79 Å². The maximum atomic E-state index is 13.9. The van der Waals surface area contributed by atoms with Gasteiger partial charge in [-0.2, -0.15) is 0 Å². The van der Waals surface area contributed by atoms with Crippen molar-refractivity contribution in [2.24, 2.45) is 0 Å². The quantitative estimate of drug-likeness (QED) is 0.789. The first-order valence-corrected chi connectivity index (χ1v) is 5.49. The van der Waals surface area contributed by atoms with Crippen molar-refractivity contribution in [1.82, 2.24) is 10.3 Å². The number of hydrogen-bond acceptors (Lipinski definition) is 4. The number of carbonyl (C=O) groups excluding carboxylic acids is 1. The van der Waals surface area contributed by atoms with Crippen LogP contribution < -0.4 is 10.2 Å². The van der Waals surface area contributed by atoms with Crippen LogP contribution in [0.4, 0.5) is 10.2 Å². The molecule has 0 aromatic carbocycles. The molecule has 1 aliphatic rings. The van der Waals surface area contributed by atoms with Gasteiger partial charge in [-0.15, -0.1) is 0 Å². The van der Waals surface area contributed by atoms with Gasteiger partial charge in [0.05, 0.1) is 0 Å². The molecule has 7 heteroatoms. The monoisotopic (exact) mass is 253 g/mol. The number of nitrogens with one attached hydrogen (secondary N) is 1. The number of nitrogens with zero attached hydrogens (tertiary/aromatic N) is 2. The zero-order valence-electron chi connectivity index (χ0n) is 9.52. The van der Waals surface area contributed by atoms with Crippen molar-refractivity contribution in [3.05, 3.63) is 23.6 Å². The summed E-state index contributed by atoms with van der Waals surface area (Å²) < 4.78 is 13.9. The van der Waals surface area contributed by atoms with Gasteiger partial charge in [0.25, 0.3) is 0 Å². The van der Waals surface area contributed by atoms with Gasteiger partial charge >= 0.3 is 5.97 Å². The molecule has 1 aromatic heterocycles. The average Bonchev–Trinajstić information content (AvgIpc) is 2.54. The van der Waals surface area contributed by atoms with Crippen LogP contribution in [-0.2, 0) is 4.79 Å². The molecule has 1 aliphatic heterocycles. The second-order valence-electron chi connectivity index (χ2n) is 3.89. The first kappa shape index (κ1) is 12.3. The summed E-state index contributed by atoms with van der Waals surface area (Å²) >= 11 is 0. The lowest BCUT2D eigenvalue weighted by atomic mass is 10.2. The van der Waals surface area contributed by atoms with Gasteiger partial charge in [0, 0.05) is 32.3 Å². The minimum Gasteiger partial charge on any atom is -0.478 e. The zero-order chi connectivity index (χ0) is 13.1. The van der Waals surface area contributed by atoms with Gasteiger partial charge < -0.3 is 15.3 Å². The molecule has 1 fully saturated rings. The van der Waals surface area contributed by atoms with Gasteiger partial charge in [0.15, 0.2) is 11.6 Å². The summed E-state index contributed by atoms with van der Waals surface area (Å²) in [6, 6.07) is 1.11. The normalized spacial score (nSPS) is 16.1. The summed E-state index contributed by atoms with van der Waals surface area (Å²) in [5.41, 5.74) is -0.413. The molecule has 0 spiro atoms. The maximum Gasteiger partial charge on any atom is 0.338 e. The van der Waals surface area contributed by atoms with Crippen molar-refractivity contribution in [3.63, 3.8) is 0 Å². The molecular formula is C11H12FN3O3. The standard InChI is InChI=1S/C11H12FN3O3/c12-9-7(11(17)18)1-3-14-10(9)15-5-2-8(16)13-4-6-15/h1,3H,2,4-6H2,(H,13,16)(H,17,18). The lowest BCUT2D eigenvalue weighted by molar-refractivity contribution is -0.120. The number of aromatic nitrogens is 1. The van der Waals surface area contributed by atoms with Crippen molar-refractivity contribution < 1.29 is 19.1 Å². The lowest BCUT2D eigenvalue weighted by Crippen LogP contribution is -2.30. The summed E-state index contributed by atoms with van der Waals surface area (Å²) in [5.74, 6) is -2.32. The van der Waals surface area contributed by atoms with E-state index in [0.29, 0.717) is 19.6 Å². The van der Waals surface area contributed by atoms with Gasteiger partial charge in [0.2, 0.25) is 5.91 Å². The molecule has 0 aliphatic carbocycles. The molecule has 6 nitrogen and oxygen atoms in total. The molecule has 2 rings (SSSR count). The molecule has 1 aromatic rings. The molecule has 18 heavy (non-hydrogen) atoms. The van der Waals surface area contributed by atoms with Gasteiger partial charge in [0.1, 0.15) is 5.56 Å². The fraction of sp³-hybridized carbons (Fsp3) is 0.364. The first-order valence-electron chi connectivity index (χ1n) is 5.49. The number of amides is 1. The fourth-order valence-electron chi connectivity index (χ4n) is 1.80. The van der Waals surface area contributed by atoms with E-state index in [-0.39, 0.29) is 18.1 Å². The van der Waals surface area contributed by atoms with Crippen molar-refractivity contribution in [2.45, 2.75) is 6.42 Å². The third kappa shape index (κ3) is 2.39. The highest BCUT2D eigenvalue weighted by molar-refractivity contribution is 5.89. The molecule has 0 unspecified atom stereocenters. The number of carboxylic acid groups (broad SMARTS) is 1. The van der Waals surface area contributed by atoms with Crippen LogP contribution in [0.3, 0.4) is 0 Å². The topological polar surface area (TPSA) is 82.5 Å². The first-order chi connectivity index (χ1) is 8.59. The van der Waals surface area contributed by atoms with Crippen LogP contribution >= 0.6 is 0 Å². The summed E-state index contributed by atoms with van der Waals surface area (Å²) in [6.07, 6.45) is 1.49. The van der Waals surface area contributed by atoms with E-state index in [0.717, 1.165) is 6.07 Å². The summed E-state index contributed by atoms with van der Waals surface area (Å²) in [7, 11) is 0. The van der Waals surface area contributed by atoms with E-state index in [9.17, 15) is 14.0 Å².